The van der Waals surface area contributed by atoms with Gasteiger partial charge in [0, 0.05) is 27.9 Å². The molecule has 0 fully saturated rings. The van der Waals surface area contributed by atoms with Gasteiger partial charge in [0.15, 0.2) is 5.13 Å². The Bertz CT molecular complexity index is 1020. The molecule has 1 heterocycles. The van der Waals surface area contributed by atoms with Crippen molar-refractivity contribution in [1.82, 2.24) is 4.98 Å². The molecule has 8 heteroatoms. The van der Waals surface area contributed by atoms with Crippen LogP contribution in [0.15, 0.2) is 58.8 Å². The predicted molar refractivity (Wildman–Crippen MR) is 128 cm³/mol. The molecule has 6 nitrogen and oxygen atoms in total. The normalized spacial score (nSPS) is 10.5. The number of unbranched alkanes of at least 4 members (excludes halogenated alkanes) is 1. The molecule has 0 aliphatic heterocycles. The standard InChI is InChI=1S/C23H25N3O3S2/c1-3-4-8-21(27)24-17-9-11-19(12-10-17)30-15-22(28)26-23-25-20(14-31-23)16-6-5-7-18(13-16)29-2/h5-7,9-14H,3-4,8,15H2,1-2H3,(H,24,27)(H,25,26,28). The van der Waals surface area contributed by atoms with Gasteiger partial charge in [-0.15, -0.1) is 23.1 Å². The highest BCUT2D eigenvalue weighted by Gasteiger charge is 2.10. The highest BCUT2D eigenvalue weighted by atomic mass is 32.2. The summed E-state index contributed by atoms with van der Waals surface area (Å²) in [6.45, 7) is 2.06. The fourth-order valence-corrected chi connectivity index (χ4v) is 4.18. The minimum absolute atomic E-state index is 0.0263. The molecule has 0 bridgehead atoms. The Hall–Kier alpha value is -2.84. The van der Waals surface area contributed by atoms with Gasteiger partial charge < -0.3 is 15.4 Å². The van der Waals surface area contributed by atoms with Gasteiger partial charge in [-0.2, -0.15) is 0 Å². The molecule has 0 aliphatic rings. The van der Waals surface area contributed by atoms with E-state index in [1.54, 1.807) is 7.11 Å². The lowest BCUT2D eigenvalue weighted by Crippen LogP contribution is -2.13. The van der Waals surface area contributed by atoms with E-state index in [1.165, 1.54) is 23.1 Å². The lowest BCUT2D eigenvalue weighted by atomic mass is 10.2. The Labute approximate surface area is 190 Å². The number of methoxy groups -OCH3 is 1. The van der Waals surface area contributed by atoms with Gasteiger partial charge in [-0.1, -0.05) is 25.5 Å². The van der Waals surface area contributed by atoms with E-state index < -0.39 is 0 Å². The maximum Gasteiger partial charge on any atom is 0.236 e. The van der Waals surface area contributed by atoms with Crippen molar-refractivity contribution in [3.05, 3.63) is 53.9 Å². The molecule has 0 unspecified atom stereocenters. The molecule has 2 aromatic carbocycles. The first-order valence-electron chi connectivity index (χ1n) is 10.00. The number of benzene rings is 2. The number of amides is 2. The smallest absolute Gasteiger partial charge is 0.236 e. The molecule has 0 spiro atoms. The van der Waals surface area contributed by atoms with E-state index in [0.29, 0.717) is 11.6 Å². The van der Waals surface area contributed by atoms with Gasteiger partial charge in [-0.05, 0) is 42.8 Å². The number of aromatic nitrogens is 1. The van der Waals surface area contributed by atoms with Crippen LogP contribution in [0.25, 0.3) is 11.3 Å². The van der Waals surface area contributed by atoms with Crippen LogP contribution >= 0.6 is 23.1 Å². The first-order valence-corrected chi connectivity index (χ1v) is 11.9. The summed E-state index contributed by atoms with van der Waals surface area (Å²) in [6, 6.07) is 15.2. The summed E-state index contributed by atoms with van der Waals surface area (Å²) in [5, 5.41) is 8.20. The van der Waals surface area contributed by atoms with Gasteiger partial charge in [-0.3, -0.25) is 9.59 Å². The van der Waals surface area contributed by atoms with Gasteiger partial charge in [0.1, 0.15) is 5.75 Å². The van der Waals surface area contributed by atoms with E-state index in [2.05, 4.69) is 22.5 Å². The maximum absolute atomic E-state index is 12.3. The summed E-state index contributed by atoms with van der Waals surface area (Å²) in [5.74, 6) is 0.946. The minimum atomic E-state index is -0.117. The minimum Gasteiger partial charge on any atom is -0.497 e. The molecule has 2 amide bonds. The van der Waals surface area contributed by atoms with Gasteiger partial charge >= 0.3 is 0 Å². The number of nitrogens with one attached hydrogen (secondary N) is 2. The quantitative estimate of drug-likeness (QED) is 0.385. The number of thiazole rings is 1. The van der Waals surface area contributed by atoms with Crippen LogP contribution in [-0.4, -0.2) is 29.7 Å². The van der Waals surface area contributed by atoms with E-state index in [9.17, 15) is 9.59 Å². The van der Waals surface area contributed by atoms with Crippen molar-refractivity contribution in [3.8, 4) is 17.0 Å². The van der Waals surface area contributed by atoms with E-state index in [1.807, 2.05) is 53.9 Å². The second kappa shape index (κ2) is 11.5. The van der Waals surface area contributed by atoms with E-state index >= 15 is 0 Å². The number of anilines is 2. The van der Waals surface area contributed by atoms with Crippen LogP contribution in [0.3, 0.4) is 0 Å². The number of thioether (sulfide) groups is 1. The predicted octanol–water partition coefficient (Wildman–Crippen LogP) is 5.68. The van der Waals surface area contributed by atoms with Crippen molar-refractivity contribution in [1.29, 1.82) is 0 Å². The third-order valence-electron chi connectivity index (χ3n) is 4.38. The van der Waals surface area contributed by atoms with Crippen molar-refractivity contribution >= 4 is 45.7 Å². The lowest BCUT2D eigenvalue weighted by molar-refractivity contribution is -0.116. The topological polar surface area (TPSA) is 80.3 Å². The van der Waals surface area contributed by atoms with Crippen LogP contribution in [0.1, 0.15) is 26.2 Å². The Balaban J connectivity index is 1.48. The molecular formula is C23H25N3O3S2. The largest absolute Gasteiger partial charge is 0.497 e. The van der Waals surface area contributed by atoms with Crippen molar-refractivity contribution in [2.75, 3.05) is 23.5 Å². The second-order valence-corrected chi connectivity index (χ2v) is 8.69. The summed E-state index contributed by atoms with van der Waals surface area (Å²) in [6.07, 6.45) is 2.41. The van der Waals surface area contributed by atoms with E-state index in [4.69, 9.17) is 4.74 Å². The van der Waals surface area contributed by atoms with E-state index in [-0.39, 0.29) is 17.6 Å². The monoisotopic (exact) mass is 455 g/mol. The highest BCUT2D eigenvalue weighted by molar-refractivity contribution is 8.00. The average molecular weight is 456 g/mol. The highest BCUT2D eigenvalue weighted by Crippen LogP contribution is 2.28. The molecule has 2 N–H and O–H groups in total. The van der Waals surface area contributed by atoms with Gasteiger partial charge in [0.25, 0.3) is 0 Å². The zero-order valence-corrected chi connectivity index (χ0v) is 19.1. The Morgan fingerprint density at radius 3 is 2.65 bits per heavy atom. The first kappa shape index (κ1) is 22.8. The number of ether oxygens (including phenoxy) is 1. The molecule has 0 saturated heterocycles. The Morgan fingerprint density at radius 2 is 1.90 bits per heavy atom. The fraction of sp³-hybridized carbons (Fsp3) is 0.261. The molecule has 0 atom stereocenters. The fourth-order valence-electron chi connectivity index (χ4n) is 2.75. The molecule has 162 valence electrons. The Morgan fingerprint density at radius 1 is 1.10 bits per heavy atom. The molecular weight excluding hydrogens is 430 g/mol. The average Bonchev–Trinajstić information content (AvgIpc) is 3.25. The summed E-state index contributed by atoms with van der Waals surface area (Å²) < 4.78 is 5.25. The molecule has 1 aromatic heterocycles. The van der Waals surface area contributed by atoms with Crippen LogP contribution in [0.4, 0.5) is 10.8 Å². The van der Waals surface area contributed by atoms with E-state index in [0.717, 1.165) is 40.4 Å². The summed E-state index contributed by atoms with van der Waals surface area (Å²) in [7, 11) is 1.63. The lowest BCUT2D eigenvalue weighted by Gasteiger charge is -2.06. The van der Waals surface area contributed by atoms with Crippen LogP contribution < -0.4 is 15.4 Å². The molecule has 3 rings (SSSR count). The number of hydrogen-bond donors (Lipinski definition) is 2. The maximum atomic E-state index is 12.3. The number of rotatable bonds is 10. The second-order valence-electron chi connectivity index (χ2n) is 6.78. The number of carbonyl (C=O) groups is 2. The first-order chi connectivity index (χ1) is 15.1. The molecule has 0 aliphatic carbocycles. The van der Waals surface area contributed by atoms with Gasteiger partial charge in [0.2, 0.25) is 11.8 Å². The molecule has 0 radical (unpaired) electrons. The third-order valence-corrected chi connectivity index (χ3v) is 6.15. The van der Waals surface area contributed by atoms with Gasteiger partial charge in [-0.25, -0.2) is 4.98 Å². The number of hydrogen-bond acceptors (Lipinski definition) is 6. The summed E-state index contributed by atoms with van der Waals surface area (Å²) >= 11 is 2.82. The SMILES string of the molecule is CCCCC(=O)Nc1ccc(SCC(=O)Nc2nc(-c3cccc(OC)c3)cs2)cc1. The van der Waals surface area contributed by atoms with Crippen LogP contribution in [0.2, 0.25) is 0 Å². The van der Waals surface area contributed by atoms with Crippen LogP contribution in [0.5, 0.6) is 5.75 Å². The van der Waals surface area contributed by atoms with Crippen LogP contribution in [-0.2, 0) is 9.59 Å². The molecule has 31 heavy (non-hydrogen) atoms. The van der Waals surface area contributed by atoms with Crippen LogP contribution in [0, 0.1) is 0 Å². The molecule has 0 saturated carbocycles. The zero-order valence-electron chi connectivity index (χ0n) is 17.5. The summed E-state index contributed by atoms with van der Waals surface area (Å²) in [4.78, 5) is 29.5. The van der Waals surface area contributed by atoms with Crippen molar-refractivity contribution in [2.24, 2.45) is 0 Å². The number of nitrogens with zero attached hydrogens (tertiary/aromatic N) is 1. The third kappa shape index (κ3) is 7.11. The van der Waals surface area contributed by atoms with Crippen molar-refractivity contribution in [2.45, 2.75) is 31.1 Å². The molecule has 3 aromatic rings. The Kier molecular flexibility index (Phi) is 8.49. The van der Waals surface area contributed by atoms with Crippen molar-refractivity contribution in [3.63, 3.8) is 0 Å². The number of carbonyl (C=O) groups excluding carboxylic acids is 2. The zero-order chi connectivity index (χ0) is 22.1. The van der Waals surface area contributed by atoms with Gasteiger partial charge in [0.05, 0.1) is 18.6 Å². The summed E-state index contributed by atoms with van der Waals surface area (Å²) in [5.41, 5.74) is 2.50. The van der Waals surface area contributed by atoms with Crippen molar-refractivity contribution < 1.29 is 14.3 Å².